The zero-order valence-electron chi connectivity index (χ0n) is 38.1. The minimum absolute atomic E-state index is 0.00914. The fraction of sp³-hybridized carbons (Fsp3) is 0.717. The van der Waals surface area contributed by atoms with Crippen molar-refractivity contribution in [2.24, 2.45) is 50.7 Å². The van der Waals surface area contributed by atoms with Gasteiger partial charge in [0.1, 0.15) is 36.6 Å². The van der Waals surface area contributed by atoms with Gasteiger partial charge in [0.15, 0.2) is 0 Å². The predicted molar refractivity (Wildman–Crippen MR) is 216 cm³/mol. The highest BCUT2D eigenvalue weighted by molar-refractivity contribution is 5.82. The van der Waals surface area contributed by atoms with Crippen molar-refractivity contribution in [1.82, 2.24) is 0 Å². The molecule has 1 saturated heterocycles. The van der Waals surface area contributed by atoms with Crippen LogP contribution in [0.1, 0.15) is 108 Å². The molecule has 0 radical (unpaired) electrons. The zero-order valence-corrected chi connectivity index (χ0v) is 38.1. The van der Waals surface area contributed by atoms with Crippen LogP contribution in [-0.4, -0.2) is 98.6 Å². The summed E-state index contributed by atoms with van der Waals surface area (Å²) in [5.41, 5.74) is -6.09. The fourth-order valence-corrected chi connectivity index (χ4v) is 13.2. The van der Waals surface area contributed by atoms with Crippen LogP contribution in [-0.2, 0) is 76.3 Å². The third kappa shape index (κ3) is 7.04. The molecule has 5 rings (SSSR count). The molecule has 0 aromatic carbocycles. The van der Waals surface area contributed by atoms with Gasteiger partial charge in [-0.25, -0.2) is 0 Å². The average molecular weight is 871 g/mol. The van der Waals surface area contributed by atoms with Gasteiger partial charge in [0.25, 0.3) is 0 Å². The van der Waals surface area contributed by atoms with Crippen LogP contribution in [0.3, 0.4) is 0 Å². The van der Waals surface area contributed by atoms with E-state index < -0.39 is 142 Å². The van der Waals surface area contributed by atoms with Crippen molar-refractivity contribution in [3.8, 4) is 0 Å². The number of esters is 8. The van der Waals surface area contributed by atoms with Crippen LogP contribution in [0.2, 0.25) is 0 Å². The van der Waals surface area contributed by atoms with Crippen LogP contribution in [0.5, 0.6) is 0 Å². The summed E-state index contributed by atoms with van der Waals surface area (Å²) >= 11 is 0. The molecule has 4 aliphatic carbocycles. The molecule has 14 atom stereocenters. The van der Waals surface area contributed by atoms with Gasteiger partial charge in [0.05, 0.1) is 42.8 Å². The Morgan fingerprint density at radius 3 is 2.06 bits per heavy atom. The molecule has 5 aliphatic rings. The van der Waals surface area contributed by atoms with Crippen LogP contribution in [0.4, 0.5) is 0 Å². The Kier molecular flexibility index (Phi) is 13.1. The number of fused-ring (bicyclic) bond motifs is 3. The molecule has 2 spiro atoms. The van der Waals surface area contributed by atoms with Crippen molar-refractivity contribution in [3.63, 3.8) is 0 Å². The van der Waals surface area contributed by atoms with Gasteiger partial charge in [-0.15, -0.1) is 5.73 Å². The summed E-state index contributed by atoms with van der Waals surface area (Å²) < 4.78 is 49.0. The molecule has 342 valence electrons. The van der Waals surface area contributed by atoms with E-state index in [4.69, 9.17) is 37.9 Å². The monoisotopic (exact) mass is 870 g/mol. The molecule has 2 bridgehead atoms. The van der Waals surface area contributed by atoms with Crippen molar-refractivity contribution in [3.05, 3.63) is 29.5 Å². The number of hydrogen-bond acceptors (Lipinski definition) is 16. The first kappa shape index (κ1) is 48.1. The van der Waals surface area contributed by atoms with Crippen molar-refractivity contribution in [1.29, 1.82) is 0 Å². The Morgan fingerprint density at radius 2 is 1.52 bits per heavy atom. The maximum absolute atomic E-state index is 14.7. The first-order valence-electron chi connectivity index (χ1n) is 21.1. The number of methoxy groups -OCH3 is 2. The lowest BCUT2D eigenvalue weighted by molar-refractivity contribution is -0.283. The average Bonchev–Trinajstić information content (AvgIpc) is 3.55. The zero-order chi connectivity index (χ0) is 46.5. The van der Waals surface area contributed by atoms with Gasteiger partial charge in [-0.05, 0) is 63.7 Å². The normalized spacial score (nSPS) is 39.2. The molecule has 14 unspecified atom stereocenters. The quantitative estimate of drug-likeness (QED) is 0.108. The molecule has 16 heteroatoms. The van der Waals surface area contributed by atoms with Gasteiger partial charge in [-0.2, -0.15) is 0 Å². The van der Waals surface area contributed by atoms with Gasteiger partial charge >= 0.3 is 47.8 Å². The maximum Gasteiger partial charge on any atom is 0.312 e. The number of ether oxygens (including phenoxy) is 8. The van der Waals surface area contributed by atoms with Crippen LogP contribution in [0, 0.1) is 50.7 Å². The molecule has 1 heterocycles. The Labute approximate surface area is 362 Å². The lowest BCUT2D eigenvalue weighted by Gasteiger charge is -2.68. The van der Waals surface area contributed by atoms with Crippen LogP contribution < -0.4 is 0 Å². The molecule has 62 heavy (non-hydrogen) atoms. The molecule has 0 N–H and O–H groups in total. The van der Waals surface area contributed by atoms with E-state index >= 15 is 0 Å². The standard InChI is InChI=1S/C46H62O16/c1-14-15-16-17-35(51)61-31-20-42(10,26(4)39(53)56-13)32(19-36(52)55-12)44(23-57-27(5)47)37(31)46(25(3)38(44)60-30(8)50)24(2)18-33(58-28(6)48)43(11)34(59-29(7)49)21-41(9)22-45(43,46)62-40(41)54/h14,16,18,25-26,31-34,37-38H,17,19-23H2,1-13H3. The fourth-order valence-electron chi connectivity index (χ4n) is 13.2. The second kappa shape index (κ2) is 17.0. The highest BCUT2D eigenvalue weighted by Crippen LogP contribution is 2.82. The number of rotatable bonds is 12. The van der Waals surface area contributed by atoms with Crippen molar-refractivity contribution in [2.45, 2.75) is 138 Å². The van der Waals surface area contributed by atoms with Crippen LogP contribution in [0.25, 0.3) is 0 Å². The third-order valence-electron chi connectivity index (χ3n) is 15.5. The van der Waals surface area contributed by atoms with Gasteiger partial charge < -0.3 is 37.9 Å². The number of hydrogen-bond donors (Lipinski definition) is 0. The lowest BCUT2D eigenvalue weighted by atomic mass is 9.37. The maximum atomic E-state index is 14.7. The molecule has 16 nitrogen and oxygen atoms in total. The highest BCUT2D eigenvalue weighted by atomic mass is 16.6. The Morgan fingerprint density at radius 1 is 0.887 bits per heavy atom. The van der Waals surface area contributed by atoms with Crippen LogP contribution >= 0.6 is 0 Å². The second-order valence-corrected chi connectivity index (χ2v) is 18.7. The predicted octanol–water partition coefficient (Wildman–Crippen LogP) is 5.08. The molecular weight excluding hydrogens is 808 g/mol. The third-order valence-corrected chi connectivity index (χ3v) is 15.5. The molecule has 3 saturated carbocycles. The summed E-state index contributed by atoms with van der Waals surface area (Å²) in [6.45, 7) is 16.4. The second-order valence-electron chi connectivity index (χ2n) is 18.7. The van der Waals surface area contributed by atoms with E-state index in [9.17, 15) is 38.4 Å². The van der Waals surface area contributed by atoms with Gasteiger partial charge in [-0.1, -0.05) is 26.3 Å². The Bertz CT molecular complexity index is 2000. The summed E-state index contributed by atoms with van der Waals surface area (Å²) in [5, 5.41) is 0. The largest absolute Gasteiger partial charge is 0.469 e. The van der Waals surface area contributed by atoms with Gasteiger partial charge in [-0.3, -0.25) is 38.4 Å². The minimum atomic E-state index is -1.82. The smallest absolute Gasteiger partial charge is 0.312 e. The molecule has 1 aliphatic heterocycles. The Balaban J connectivity index is 2.06. The van der Waals surface area contributed by atoms with Gasteiger partial charge in [0, 0.05) is 64.2 Å². The topological polar surface area (TPSA) is 210 Å². The Hall–Kier alpha value is -4.98. The van der Waals surface area contributed by atoms with Crippen molar-refractivity contribution in [2.75, 3.05) is 20.8 Å². The molecule has 0 aromatic rings. The first-order chi connectivity index (χ1) is 28.8. The first-order valence-corrected chi connectivity index (χ1v) is 21.1. The number of carbonyl (C=O) groups is 8. The summed E-state index contributed by atoms with van der Waals surface area (Å²) in [4.78, 5) is 110. The van der Waals surface area contributed by atoms with E-state index in [0.29, 0.717) is 5.57 Å². The highest BCUT2D eigenvalue weighted by Gasteiger charge is 2.90. The minimum Gasteiger partial charge on any atom is -0.469 e. The van der Waals surface area contributed by atoms with Crippen molar-refractivity contribution < 1.29 is 76.3 Å². The van der Waals surface area contributed by atoms with E-state index in [1.165, 1.54) is 48.0 Å². The lowest BCUT2D eigenvalue weighted by Crippen LogP contribution is -2.76. The summed E-state index contributed by atoms with van der Waals surface area (Å²) in [7, 11) is 2.43. The molecule has 0 amide bonds. The van der Waals surface area contributed by atoms with Crippen molar-refractivity contribution >= 4 is 47.8 Å². The van der Waals surface area contributed by atoms with Gasteiger partial charge in [0.2, 0.25) is 0 Å². The van der Waals surface area contributed by atoms with E-state index in [1.807, 2.05) is 0 Å². The van der Waals surface area contributed by atoms with E-state index in [2.05, 4.69) is 5.73 Å². The van der Waals surface area contributed by atoms with E-state index in [1.54, 1.807) is 60.6 Å². The van der Waals surface area contributed by atoms with E-state index in [0.717, 1.165) is 0 Å². The molecular formula is C46H62O16. The SMILES string of the molecule is CC=C=CCC(=O)OC1CC(C)(C(C)C(=O)OC)C(CC(=O)OC)C2(COC(C)=O)C(OC(C)=O)C(C)C3(C(C)=CC(OC(C)=O)C4(C)C(OC(C)=O)CC5(C)CC43OC5=O)C12. The summed E-state index contributed by atoms with van der Waals surface area (Å²) in [6.07, 6.45) is -0.855. The summed E-state index contributed by atoms with van der Waals surface area (Å²) in [6, 6.07) is 0. The molecule has 0 aromatic heterocycles. The summed E-state index contributed by atoms with van der Waals surface area (Å²) in [5.74, 6) is -9.77. The van der Waals surface area contributed by atoms with Crippen LogP contribution in [0.15, 0.2) is 29.5 Å². The number of carbonyl (C=O) groups excluding carboxylic acids is 8. The molecule has 4 fully saturated rings. The van der Waals surface area contributed by atoms with E-state index in [-0.39, 0.29) is 25.7 Å².